The number of rotatable bonds is 5. The molecule has 3 N–H and O–H groups in total. The number of aliphatic hydroxyl groups is 1. The van der Waals surface area contributed by atoms with E-state index in [0.717, 1.165) is 18.4 Å². The van der Waals surface area contributed by atoms with Crippen LogP contribution in [0.25, 0.3) is 0 Å². The van der Waals surface area contributed by atoms with Gasteiger partial charge < -0.3 is 10.8 Å². The summed E-state index contributed by atoms with van der Waals surface area (Å²) < 4.78 is 0. The van der Waals surface area contributed by atoms with Gasteiger partial charge >= 0.3 is 0 Å². The third kappa shape index (κ3) is 4.66. The average Bonchev–Trinajstić information content (AvgIpc) is 2.28. The molecule has 1 aromatic carbocycles. The minimum absolute atomic E-state index is 0. The summed E-state index contributed by atoms with van der Waals surface area (Å²) in [6, 6.07) is 7.98. The van der Waals surface area contributed by atoms with Gasteiger partial charge in [-0.25, -0.2) is 0 Å². The molecule has 0 bridgehead atoms. The molecule has 0 spiro atoms. The Kier molecular flexibility index (Phi) is 7.44. The molecule has 0 aliphatic rings. The molecule has 98 valence electrons. The van der Waals surface area contributed by atoms with Crippen LogP contribution in [0.1, 0.15) is 56.7 Å². The number of halogens is 1. The van der Waals surface area contributed by atoms with Crippen molar-refractivity contribution in [2.75, 3.05) is 0 Å². The zero-order valence-corrected chi connectivity index (χ0v) is 11.7. The monoisotopic (exact) mass is 257 g/mol. The Hall–Kier alpha value is -0.570. The first-order chi connectivity index (χ1) is 7.56. The van der Waals surface area contributed by atoms with Crippen LogP contribution in [-0.4, -0.2) is 11.2 Å². The van der Waals surface area contributed by atoms with Crippen LogP contribution in [0, 0.1) is 0 Å². The van der Waals surface area contributed by atoms with Crippen LogP contribution in [0.5, 0.6) is 0 Å². The third-order valence-corrected chi connectivity index (χ3v) is 2.99. The number of benzene rings is 1. The fourth-order valence-corrected chi connectivity index (χ4v) is 1.80. The number of hydrogen-bond donors (Lipinski definition) is 2. The highest BCUT2D eigenvalue weighted by Gasteiger charge is 2.15. The summed E-state index contributed by atoms with van der Waals surface area (Å²) >= 11 is 0. The van der Waals surface area contributed by atoms with Gasteiger partial charge in [0, 0.05) is 0 Å². The van der Waals surface area contributed by atoms with Gasteiger partial charge in [-0.3, -0.25) is 0 Å². The molecule has 0 heterocycles. The second-order valence-corrected chi connectivity index (χ2v) is 4.70. The van der Waals surface area contributed by atoms with Gasteiger partial charge in [0.1, 0.15) is 0 Å². The molecule has 0 radical (unpaired) electrons. The molecule has 0 aliphatic carbocycles. The van der Waals surface area contributed by atoms with Gasteiger partial charge in [0.05, 0.1) is 12.1 Å². The van der Waals surface area contributed by atoms with Crippen molar-refractivity contribution in [3.8, 4) is 0 Å². The summed E-state index contributed by atoms with van der Waals surface area (Å²) in [6.45, 7) is 6.39. The molecule has 3 heteroatoms. The van der Waals surface area contributed by atoms with Crippen LogP contribution in [-0.2, 0) is 0 Å². The van der Waals surface area contributed by atoms with Crippen LogP contribution >= 0.6 is 12.4 Å². The lowest BCUT2D eigenvalue weighted by molar-refractivity contribution is 0.134. The molecule has 0 aliphatic heterocycles. The van der Waals surface area contributed by atoms with Crippen LogP contribution in [0.4, 0.5) is 0 Å². The molecular weight excluding hydrogens is 234 g/mol. The van der Waals surface area contributed by atoms with E-state index in [2.05, 4.69) is 32.9 Å². The van der Waals surface area contributed by atoms with Crippen molar-refractivity contribution >= 4 is 12.4 Å². The smallest absolute Gasteiger partial charge is 0.0732 e. The Balaban J connectivity index is 0.00000256. The fraction of sp³-hybridized carbons (Fsp3) is 0.571. The van der Waals surface area contributed by atoms with Gasteiger partial charge in [-0.1, -0.05) is 51.5 Å². The van der Waals surface area contributed by atoms with E-state index in [4.69, 9.17) is 5.73 Å². The normalized spacial score (nSPS) is 14.2. The molecule has 0 unspecified atom stereocenters. The highest BCUT2D eigenvalue weighted by Crippen LogP contribution is 2.20. The van der Waals surface area contributed by atoms with Crippen molar-refractivity contribution in [1.82, 2.24) is 0 Å². The van der Waals surface area contributed by atoms with E-state index in [-0.39, 0.29) is 18.4 Å². The number of aliphatic hydroxyl groups excluding tert-OH is 1. The topological polar surface area (TPSA) is 46.2 Å². The summed E-state index contributed by atoms with van der Waals surface area (Å²) in [4.78, 5) is 0. The molecule has 0 aromatic heterocycles. The molecule has 0 saturated heterocycles. The Morgan fingerprint density at radius 2 is 1.59 bits per heavy atom. The first-order valence-electron chi connectivity index (χ1n) is 6.09. The van der Waals surface area contributed by atoms with E-state index < -0.39 is 6.10 Å². The molecule has 17 heavy (non-hydrogen) atoms. The second-order valence-electron chi connectivity index (χ2n) is 4.70. The van der Waals surface area contributed by atoms with E-state index in [1.807, 2.05) is 12.1 Å². The molecule has 1 rings (SSSR count). The van der Waals surface area contributed by atoms with Gasteiger partial charge in [0.15, 0.2) is 0 Å². The standard InChI is InChI=1S/C14H23NO.ClH/c1-4-5-13(16)14(15)12-8-6-11(7-9-12)10(2)3;/h6-10,13-14,16H,4-5,15H2,1-3H3;1H/t13-,14+;/m1./s1. The third-order valence-electron chi connectivity index (χ3n) is 2.99. The summed E-state index contributed by atoms with van der Waals surface area (Å²) in [6.07, 6.45) is 1.28. The zero-order chi connectivity index (χ0) is 12.1. The van der Waals surface area contributed by atoms with Crippen LogP contribution in [0.3, 0.4) is 0 Å². The number of hydrogen-bond acceptors (Lipinski definition) is 2. The molecule has 0 saturated carbocycles. The second kappa shape index (κ2) is 7.70. The zero-order valence-electron chi connectivity index (χ0n) is 10.9. The molecule has 0 fully saturated rings. The molecule has 1 aromatic rings. The summed E-state index contributed by atoms with van der Waals surface area (Å²) in [5.41, 5.74) is 8.33. The SMILES string of the molecule is CCC[C@@H](O)[C@@H](N)c1ccc(C(C)C)cc1.Cl. The van der Waals surface area contributed by atoms with Gasteiger partial charge in [-0.15, -0.1) is 12.4 Å². The van der Waals surface area contributed by atoms with Crippen molar-refractivity contribution in [2.45, 2.75) is 51.7 Å². The predicted molar refractivity (Wildman–Crippen MR) is 75.6 cm³/mol. The van der Waals surface area contributed by atoms with Crippen molar-refractivity contribution in [3.63, 3.8) is 0 Å². The van der Waals surface area contributed by atoms with Crippen molar-refractivity contribution in [2.24, 2.45) is 5.73 Å². The lowest BCUT2D eigenvalue weighted by Gasteiger charge is -2.19. The van der Waals surface area contributed by atoms with E-state index in [9.17, 15) is 5.11 Å². The van der Waals surface area contributed by atoms with E-state index in [1.54, 1.807) is 0 Å². The maximum atomic E-state index is 9.82. The first-order valence-corrected chi connectivity index (χ1v) is 6.09. The van der Waals surface area contributed by atoms with Crippen LogP contribution < -0.4 is 5.73 Å². The fourth-order valence-electron chi connectivity index (χ4n) is 1.80. The van der Waals surface area contributed by atoms with Gasteiger partial charge in [-0.05, 0) is 23.5 Å². The Labute approximate surface area is 111 Å². The van der Waals surface area contributed by atoms with E-state index >= 15 is 0 Å². The van der Waals surface area contributed by atoms with Crippen molar-refractivity contribution in [3.05, 3.63) is 35.4 Å². The maximum Gasteiger partial charge on any atom is 0.0732 e. The number of nitrogens with two attached hydrogens (primary N) is 1. The summed E-state index contributed by atoms with van der Waals surface area (Å²) in [5, 5.41) is 9.82. The lowest BCUT2D eigenvalue weighted by Crippen LogP contribution is -2.25. The molecule has 2 atom stereocenters. The van der Waals surface area contributed by atoms with Gasteiger partial charge in [0.25, 0.3) is 0 Å². The van der Waals surface area contributed by atoms with Crippen LogP contribution in [0.15, 0.2) is 24.3 Å². The van der Waals surface area contributed by atoms with E-state index in [0.29, 0.717) is 5.92 Å². The van der Waals surface area contributed by atoms with Gasteiger partial charge in [-0.2, -0.15) is 0 Å². The predicted octanol–water partition coefficient (Wildman–Crippen LogP) is 3.39. The Bertz CT molecular complexity index is 311. The average molecular weight is 258 g/mol. The quantitative estimate of drug-likeness (QED) is 0.849. The van der Waals surface area contributed by atoms with Crippen LogP contribution in [0.2, 0.25) is 0 Å². The minimum atomic E-state index is -0.435. The Morgan fingerprint density at radius 3 is 2.00 bits per heavy atom. The lowest BCUT2D eigenvalue weighted by atomic mass is 9.96. The molecular formula is C14H24ClNO. The van der Waals surface area contributed by atoms with Crippen molar-refractivity contribution < 1.29 is 5.11 Å². The molecule has 2 nitrogen and oxygen atoms in total. The highest BCUT2D eigenvalue weighted by atomic mass is 35.5. The minimum Gasteiger partial charge on any atom is -0.391 e. The van der Waals surface area contributed by atoms with Gasteiger partial charge in [0.2, 0.25) is 0 Å². The Morgan fingerprint density at radius 1 is 1.12 bits per heavy atom. The summed E-state index contributed by atoms with van der Waals surface area (Å²) in [5.74, 6) is 0.533. The summed E-state index contributed by atoms with van der Waals surface area (Å²) in [7, 11) is 0. The van der Waals surface area contributed by atoms with E-state index in [1.165, 1.54) is 5.56 Å². The largest absolute Gasteiger partial charge is 0.391 e. The maximum absolute atomic E-state index is 9.82. The van der Waals surface area contributed by atoms with Crippen molar-refractivity contribution in [1.29, 1.82) is 0 Å². The molecule has 0 amide bonds. The first kappa shape index (κ1) is 16.4. The highest BCUT2D eigenvalue weighted by molar-refractivity contribution is 5.85.